The van der Waals surface area contributed by atoms with E-state index < -0.39 is 0 Å². The van der Waals surface area contributed by atoms with E-state index >= 15 is 0 Å². The first-order chi connectivity index (χ1) is 20.5. The Labute approximate surface area is 254 Å². The largest absolute Gasteiger partial charge is 0.486 e. The number of fused-ring (bicyclic) bond motifs is 5. The van der Waals surface area contributed by atoms with Crippen molar-refractivity contribution >= 4 is 5.69 Å². The Morgan fingerprint density at radius 1 is 0.929 bits per heavy atom. The van der Waals surface area contributed by atoms with Crippen molar-refractivity contribution in [2.24, 2.45) is 29.1 Å². The smallest absolute Gasteiger partial charge is 0.126 e. The molecule has 0 radical (unpaired) electrons. The van der Waals surface area contributed by atoms with Crippen molar-refractivity contribution in [3.8, 4) is 5.75 Å². The predicted molar refractivity (Wildman–Crippen MR) is 175 cm³/mol. The first kappa shape index (κ1) is 26.9. The van der Waals surface area contributed by atoms with Crippen LogP contribution in [0.2, 0.25) is 0 Å². The van der Waals surface area contributed by atoms with Crippen LogP contribution in [0.5, 0.6) is 5.75 Å². The van der Waals surface area contributed by atoms with E-state index in [9.17, 15) is 0 Å². The number of rotatable bonds is 4. The number of benzene rings is 1. The first-order valence-electron chi connectivity index (χ1n) is 17.2. The molecule has 7 aliphatic rings. The van der Waals surface area contributed by atoms with Gasteiger partial charge in [-0.05, 0) is 99.3 Å². The average Bonchev–Trinajstić information content (AvgIpc) is 3.46. The molecule has 1 aliphatic heterocycles. The third-order valence-corrected chi connectivity index (χ3v) is 12.5. The highest BCUT2D eigenvalue weighted by Gasteiger charge is 2.51. The van der Waals surface area contributed by atoms with Crippen molar-refractivity contribution in [3.05, 3.63) is 95.3 Å². The number of allylic oxidation sites excluding steroid dienone is 10. The van der Waals surface area contributed by atoms with Crippen LogP contribution in [0.3, 0.4) is 0 Å². The third kappa shape index (κ3) is 4.10. The van der Waals surface area contributed by atoms with Gasteiger partial charge in [0.2, 0.25) is 0 Å². The van der Waals surface area contributed by atoms with Gasteiger partial charge in [-0.2, -0.15) is 0 Å². The van der Waals surface area contributed by atoms with Crippen LogP contribution in [0.25, 0.3) is 0 Å². The molecule has 1 aromatic carbocycles. The van der Waals surface area contributed by atoms with E-state index in [1.54, 1.807) is 16.8 Å². The summed E-state index contributed by atoms with van der Waals surface area (Å²) in [5, 5.41) is 0. The third-order valence-electron chi connectivity index (χ3n) is 12.5. The fraction of sp³-hybridized carbons (Fsp3) is 0.550. The molecule has 42 heavy (non-hydrogen) atoms. The monoisotopic (exact) mass is 559 g/mol. The van der Waals surface area contributed by atoms with Gasteiger partial charge in [-0.25, -0.2) is 0 Å². The van der Waals surface area contributed by atoms with E-state index in [4.69, 9.17) is 4.74 Å². The van der Waals surface area contributed by atoms with Gasteiger partial charge in [-0.15, -0.1) is 0 Å². The van der Waals surface area contributed by atoms with Crippen LogP contribution in [0.4, 0.5) is 5.69 Å². The lowest BCUT2D eigenvalue weighted by Gasteiger charge is -2.46. The Bertz CT molecular complexity index is 1430. The molecule has 2 heteroatoms. The second kappa shape index (κ2) is 10.2. The maximum absolute atomic E-state index is 6.83. The summed E-state index contributed by atoms with van der Waals surface area (Å²) in [7, 11) is 0. The second-order valence-electron chi connectivity index (χ2n) is 15.1. The summed E-state index contributed by atoms with van der Waals surface area (Å²) in [6.45, 7) is 7.44. The van der Waals surface area contributed by atoms with Crippen molar-refractivity contribution in [2.75, 3.05) is 4.90 Å². The molecule has 0 spiro atoms. The van der Waals surface area contributed by atoms with Gasteiger partial charge in [0, 0.05) is 34.7 Å². The zero-order valence-electron chi connectivity index (χ0n) is 26.0. The molecule has 0 bridgehead atoms. The Kier molecular flexibility index (Phi) is 6.50. The number of nitrogens with zero attached hydrogens (tertiary/aromatic N) is 1. The first-order valence-corrected chi connectivity index (χ1v) is 17.2. The van der Waals surface area contributed by atoms with E-state index in [-0.39, 0.29) is 11.0 Å². The van der Waals surface area contributed by atoms with Gasteiger partial charge in [0.05, 0.1) is 6.04 Å². The van der Waals surface area contributed by atoms with E-state index in [0.29, 0.717) is 29.7 Å². The summed E-state index contributed by atoms with van der Waals surface area (Å²) < 4.78 is 6.83. The van der Waals surface area contributed by atoms with Gasteiger partial charge >= 0.3 is 0 Å². The molecule has 1 fully saturated rings. The maximum Gasteiger partial charge on any atom is 0.126 e. The van der Waals surface area contributed by atoms with Crippen molar-refractivity contribution in [2.45, 2.75) is 109 Å². The molecule has 220 valence electrons. The van der Waals surface area contributed by atoms with E-state index in [1.807, 2.05) is 0 Å². The molecular formula is C40H49NO. The topological polar surface area (TPSA) is 12.5 Å². The molecule has 0 amide bonds. The second-order valence-corrected chi connectivity index (χ2v) is 15.1. The fourth-order valence-corrected chi connectivity index (χ4v) is 10.3. The number of anilines is 1. The highest BCUT2D eigenvalue weighted by molar-refractivity contribution is 5.69. The number of hydrogen-bond acceptors (Lipinski definition) is 2. The minimum absolute atomic E-state index is 0.140. The van der Waals surface area contributed by atoms with Gasteiger partial charge in [0.25, 0.3) is 0 Å². The summed E-state index contributed by atoms with van der Waals surface area (Å²) in [6.07, 6.45) is 36.2. The van der Waals surface area contributed by atoms with Crippen LogP contribution < -0.4 is 9.64 Å². The molecule has 1 aromatic rings. The molecular weight excluding hydrogens is 510 g/mol. The molecule has 1 saturated carbocycles. The van der Waals surface area contributed by atoms with E-state index in [0.717, 1.165) is 24.5 Å². The average molecular weight is 560 g/mol. The van der Waals surface area contributed by atoms with E-state index in [2.05, 4.69) is 98.6 Å². The van der Waals surface area contributed by atoms with Crippen LogP contribution in [-0.4, -0.2) is 11.6 Å². The summed E-state index contributed by atoms with van der Waals surface area (Å²) >= 11 is 0. The quantitative estimate of drug-likeness (QED) is 0.340. The van der Waals surface area contributed by atoms with Crippen LogP contribution in [-0.2, 0) is 0 Å². The minimum atomic E-state index is -0.140. The summed E-state index contributed by atoms with van der Waals surface area (Å²) in [5.41, 5.74) is 7.86. The molecule has 0 N–H and O–H groups in total. The van der Waals surface area contributed by atoms with Crippen molar-refractivity contribution < 1.29 is 4.74 Å². The Morgan fingerprint density at radius 2 is 1.81 bits per heavy atom. The maximum atomic E-state index is 6.83. The lowest BCUT2D eigenvalue weighted by molar-refractivity contribution is 0.0886. The highest BCUT2D eigenvalue weighted by Crippen LogP contribution is 2.59. The molecule has 0 aromatic heterocycles. The lowest BCUT2D eigenvalue weighted by Crippen LogP contribution is -2.44. The predicted octanol–water partition coefficient (Wildman–Crippen LogP) is 10.4. The standard InChI is InChI=1S/C40H49NO/c1-39(2)32-18-9-7-17-30(32)31-24-23-28(26-34(31)39)41(35-20-10-8-16-29(35)27-14-5-4-6-15-27)36-21-13-22-37-38(36)33-19-11-12-25-40(33,3)42-37/h7-8,10-11,13,17,19-24,27-29,31,33-34H,4-6,9,12,14-16,18,25-26H2,1-3H3. The van der Waals surface area contributed by atoms with Gasteiger partial charge in [0.15, 0.2) is 0 Å². The summed E-state index contributed by atoms with van der Waals surface area (Å²) in [6, 6.07) is 7.28. The SMILES string of the molecule is CC12CCC=CC1c1c(cccc1N(C1=CC=CCC1C1CCCCC1)C1C=CC3C4=C(CCC=C4)C(C)(C)C3C1)O2. The van der Waals surface area contributed by atoms with Crippen LogP contribution in [0.1, 0.15) is 103 Å². The summed E-state index contributed by atoms with van der Waals surface area (Å²) in [4.78, 5) is 2.84. The molecule has 1 heterocycles. The van der Waals surface area contributed by atoms with Crippen LogP contribution in [0, 0.1) is 29.1 Å². The molecule has 2 nitrogen and oxygen atoms in total. The van der Waals surface area contributed by atoms with E-state index in [1.165, 1.54) is 69.0 Å². The van der Waals surface area contributed by atoms with Gasteiger partial charge in [-0.1, -0.05) is 93.4 Å². The molecule has 8 rings (SSSR count). The summed E-state index contributed by atoms with van der Waals surface area (Å²) in [5.74, 6) is 4.01. The Balaban J connectivity index is 1.25. The molecule has 6 unspecified atom stereocenters. The Hall–Kier alpha value is -2.74. The molecule has 6 atom stereocenters. The number of ether oxygens (including phenoxy) is 1. The molecule has 6 aliphatic carbocycles. The Morgan fingerprint density at radius 3 is 2.69 bits per heavy atom. The van der Waals surface area contributed by atoms with Crippen molar-refractivity contribution in [1.29, 1.82) is 0 Å². The lowest BCUT2D eigenvalue weighted by atomic mass is 9.68. The van der Waals surface area contributed by atoms with Gasteiger partial charge < -0.3 is 9.64 Å². The highest BCUT2D eigenvalue weighted by atomic mass is 16.5. The van der Waals surface area contributed by atoms with Crippen molar-refractivity contribution in [1.82, 2.24) is 0 Å². The van der Waals surface area contributed by atoms with Crippen LogP contribution in [0.15, 0.2) is 89.7 Å². The van der Waals surface area contributed by atoms with Gasteiger partial charge in [-0.3, -0.25) is 0 Å². The minimum Gasteiger partial charge on any atom is -0.486 e. The fourth-order valence-electron chi connectivity index (χ4n) is 10.3. The van der Waals surface area contributed by atoms with Crippen LogP contribution >= 0.6 is 0 Å². The molecule has 0 saturated heterocycles. The van der Waals surface area contributed by atoms with Crippen molar-refractivity contribution in [3.63, 3.8) is 0 Å². The zero-order chi connectivity index (χ0) is 28.5. The van der Waals surface area contributed by atoms with Gasteiger partial charge in [0.1, 0.15) is 11.4 Å². The normalized spacial score (nSPS) is 36.2. The number of hydrogen-bond donors (Lipinski definition) is 0. The zero-order valence-corrected chi connectivity index (χ0v) is 26.0.